The van der Waals surface area contributed by atoms with Gasteiger partial charge in [-0.3, -0.25) is 20.2 Å². The van der Waals surface area contributed by atoms with E-state index in [4.69, 9.17) is 40.7 Å². The van der Waals surface area contributed by atoms with E-state index in [2.05, 4.69) is 0 Å². The fraction of sp³-hybridized carbons (Fsp3) is 0.429. The molecule has 0 aliphatic rings. The molecule has 2 radical (unpaired) electrons. The maximum absolute atomic E-state index is 8.81. The standard InChI is InChI=1S/2C6H6O.2CH3NO2.CH4O2.6CH4.2Y/c2*7-6-4-2-1-3-5-6;2*1-2(3)4;2-1-3;;;;;;;;/h2*1-5,7H;2*1H3;2-3H,1H2;6*1H4;;. The molecular formula is C21H46N2O8Y2. The Morgan fingerprint density at radius 2 is 0.727 bits per heavy atom. The number of aromatic hydroxyl groups is 2. The maximum Gasteiger partial charge on any atom is 0.194 e. The molecule has 0 atom stereocenters. The second-order valence-corrected chi connectivity index (χ2v) is 3.69. The van der Waals surface area contributed by atoms with Crippen molar-refractivity contribution in [3.63, 3.8) is 0 Å². The third kappa shape index (κ3) is 116. The van der Waals surface area contributed by atoms with Gasteiger partial charge in [-0.05, 0) is 24.3 Å². The number of para-hydroxylation sites is 2. The van der Waals surface area contributed by atoms with E-state index in [0.29, 0.717) is 11.5 Å². The van der Waals surface area contributed by atoms with Crippen molar-refractivity contribution in [1.29, 1.82) is 0 Å². The van der Waals surface area contributed by atoms with Crippen LogP contribution < -0.4 is 0 Å². The first-order chi connectivity index (χ1) is 11.7. The molecule has 2 aromatic carbocycles. The number of hydrogen-bond acceptors (Lipinski definition) is 8. The summed E-state index contributed by atoms with van der Waals surface area (Å²) in [6, 6.07) is 17.4. The number of aliphatic hydroxyl groups is 2. The van der Waals surface area contributed by atoms with Gasteiger partial charge in [-0.2, -0.15) is 0 Å². The van der Waals surface area contributed by atoms with Crippen molar-refractivity contribution in [1.82, 2.24) is 0 Å². The Bertz CT molecular complexity index is 495. The molecule has 0 saturated carbocycles. The van der Waals surface area contributed by atoms with Gasteiger partial charge in [0.1, 0.15) is 18.3 Å². The predicted molar refractivity (Wildman–Crippen MR) is 132 cm³/mol. The van der Waals surface area contributed by atoms with Gasteiger partial charge in [0.05, 0.1) is 0 Å². The van der Waals surface area contributed by atoms with Crippen molar-refractivity contribution in [2.45, 2.75) is 44.6 Å². The number of rotatable bonds is 0. The fourth-order valence-electron chi connectivity index (χ4n) is 0.856. The third-order valence-corrected chi connectivity index (χ3v) is 1.51. The largest absolute Gasteiger partial charge is 0.508 e. The molecule has 12 heteroatoms. The van der Waals surface area contributed by atoms with Gasteiger partial charge in [0.25, 0.3) is 0 Å². The Kier molecular flexibility index (Phi) is 122. The van der Waals surface area contributed by atoms with Crippen LogP contribution in [0.25, 0.3) is 0 Å². The number of phenolic OH excluding ortho intramolecular Hbond substituents is 2. The first-order valence-corrected chi connectivity index (χ1v) is 6.53. The molecule has 0 heterocycles. The summed E-state index contributed by atoms with van der Waals surface area (Å²) < 4.78 is 0. The van der Waals surface area contributed by atoms with Crippen LogP contribution in [0.4, 0.5) is 0 Å². The van der Waals surface area contributed by atoms with Crippen LogP contribution >= 0.6 is 0 Å². The van der Waals surface area contributed by atoms with Gasteiger partial charge >= 0.3 is 0 Å². The summed E-state index contributed by atoms with van der Waals surface area (Å²) in [5.41, 5.74) is 0. The Hall–Kier alpha value is -1.03. The fourth-order valence-corrected chi connectivity index (χ4v) is 0.856. The van der Waals surface area contributed by atoms with E-state index < -0.39 is 16.6 Å². The summed E-state index contributed by atoms with van der Waals surface area (Å²) in [7, 11) is 1.78. The van der Waals surface area contributed by atoms with E-state index in [1.165, 1.54) is 0 Å². The Labute approximate surface area is 251 Å². The Morgan fingerprint density at radius 3 is 0.788 bits per heavy atom. The zero-order valence-corrected chi connectivity index (χ0v) is 20.6. The number of hydrogen-bond donors (Lipinski definition) is 4. The average Bonchev–Trinajstić information content (AvgIpc) is 2.49. The van der Waals surface area contributed by atoms with Crippen molar-refractivity contribution in [2.75, 3.05) is 20.9 Å². The second-order valence-electron chi connectivity index (χ2n) is 3.69. The SMILES string of the molecule is C.C.C.C.C.C.C[N+](=O)[O-].C[N+](=O)[O-].OCO.Oc1ccccc1.Oc1ccccc1.[Y].[Y]. The van der Waals surface area contributed by atoms with Gasteiger partial charge in [-0.15, -0.1) is 0 Å². The molecule has 0 unspecified atom stereocenters. The molecule has 2 rings (SSSR count). The molecule has 0 aliphatic heterocycles. The van der Waals surface area contributed by atoms with Gasteiger partial charge in [0, 0.05) is 75.3 Å². The number of nitrogens with zero attached hydrogens (tertiary/aromatic N) is 2. The molecule has 0 aromatic heterocycles. The summed E-state index contributed by atoms with van der Waals surface area (Å²) in [6.07, 6.45) is 0. The van der Waals surface area contributed by atoms with Crippen molar-refractivity contribution in [3.8, 4) is 11.5 Å². The average molecular weight is 632 g/mol. The zero-order valence-electron chi connectivity index (χ0n) is 15.0. The summed E-state index contributed by atoms with van der Waals surface area (Å²) in [5, 5.41) is 49.1. The topological polar surface area (TPSA) is 167 Å². The van der Waals surface area contributed by atoms with Crippen molar-refractivity contribution >= 4 is 0 Å². The minimum absolute atomic E-state index is 0. The van der Waals surface area contributed by atoms with Crippen LogP contribution in [0.5, 0.6) is 11.5 Å². The van der Waals surface area contributed by atoms with Gasteiger partial charge < -0.3 is 20.4 Å². The van der Waals surface area contributed by atoms with E-state index in [1.54, 1.807) is 48.5 Å². The number of nitro groups is 2. The van der Waals surface area contributed by atoms with E-state index in [1.807, 2.05) is 12.1 Å². The van der Waals surface area contributed by atoms with Crippen LogP contribution in [-0.4, -0.2) is 51.2 Å². The molecular weight excluding hydrogens is 586 g/mol. The van der Waals surface area contributed by atoms with Crippen LogP contribution in [-0.2, 0) is 65.4 Å². The van der Waals surface area contributed by atoms with Gasteiger partial charge in [-0.1, -0.05) is 81.0 Å². The van der Waals surface area contributed by atoms with E-state index >= 15 is 0 Å². The normalized spacial score (nSPS) is 5.70. The monoisotopic (exact) mass is 632 g/mol. The molecule has 2 aromatic rings. The molecule has 194 valence electrons. The van der Waals surface area contributed by atoms with E-state index in [9.17, 15) is 0 Å². The van der Waals surface area contributed by atoms with Gasteiger partial charge in [0.2, 0.25) is 0 Å². The van der Waals surface area contributed by atoms with Crippen LogP contribution in [0.2, 0.25) is 0 Å². The summed E-state index contributed by atoms with van der Waals surface area (Å²) >= 11 is 0. The number of phenols is 2. The molecule has 33 heavy (non-hydrogen) atoms. The molecule has 4 N–H and O–H groups in total. The quantitative estimate of drug-likeness (QED) is 0.172. The Morgan fingerprint density at radius 1 is 0.606 bits per heavy atom. The van der Waals surface area contributed by atoms with Crippen LogP contribution in [0.1, 0.15) is 44.6 Å². The first kappa shape index (κ1) is 69.7. The molecule has 10 nitrogen and oxygen atoms in total. The minimum Gasteiger partial charge on any atom is -0.508 e. The summed E-state index contributed by atoms with van der Waals surface area (Å²) in [6.45, 7) is -0.750. The second kappa shape index (κ2) is 57.6. The van der Waals surface area contributed by atoms with E-state index in [0.717, 1.165) is 14.1 Å². The Balaban J connectivity index is -0.0000000198. The third-order valence-electron chi connectivity index (χ3n) is 1.51. The minimum atomic E-state index is -0.750. The number of aliphatic hydroxyl groups excluding tert-OH is 1. The van der Waals surface area contributed by atoms with Gasteiger partial charge in [0.15, 0.2) is 14.1 Å². The maximum atomic E-state index is 8.81. The van der Waals surface area contributed by atoms with Crippen molar-refractivity contribution < 1.29 is 95.7 Å². The van der Waals surface area contributed by atoms with Crippen molar-refractivity contribution in [3.05, 3.63) is 80.9 Å². The molecule has 0 aliphatic carbocycles. The van der Waals surface area contributed by atoms with Gasteiger partial charge in [-0.25, -0.2) is 0 Å². The molecule has 0 amide bonds. The zero-order chi connectivity index (χ0) is 20.1. The summed E-state index contributed by atoms with van der Waals surface area (Å²) in [4.78, 5) is 16.6. The molecule has 0 saturated heterocycles. The van der Waals surface area contributed by atoms with Crippen LogP contribution in [0.15, 0.2) is 60.7 Å². The molecule has 0 spiro atoms. The predicted octanol–water partition coefficient (Wildman–Crippen LogP) is 5.31. The van der Waals surface area contributed by atoms with Crippen LogP contribution in [0.3, 0.4) is 0 Å². The smallest absolute Gasteiger partial charge is 0.194 e. The molecule has 0 fully saturated rings. The first-order valence-electron chi connectivity index (χ1n) is 6.53. The molecule has 0 bridgehead atoms. The number of benzene rings is 2. The van der Waals surface area contributed by atoms with Crippen molar-refractivity contribution in [2.24, 2.45) is 0 Å². The summed E-state index contributed by atoms with van der Waals surface area (Å²) in [5.74, 6) is 0.644. The van der Waals surface area contributed by atoms with E-state index in [-0.39, 0.29) is 110 Å². The van der Waals surface area contributed by atoms with Crippen LogP contribution in [0, 0.1) is 20.2 Å².